The molecule has 3 N–H and O–H groups in total. The Labute approximate surface area is 111 Å². The highest BCUT2D eigenvalue weighted by Crippen LogP contribution is 2.26. The van der Waals surface area contributed by atoms with Crippen molar-refractivity contribution in [2.75, 3.05) is 0 Å². The first-order valence-corrected chi connectivity index (χ1v) is 6.86. The van der Waals surface area contributed by atoms with Crippen LogP contribution in [-0.4, -0.2) is 16.0 Å². The van der Waals surface area contributed by atoms with E-state index in [-0.39, 0.29) is 11.4 Å². The molecule has 0 aliphatic carbocycles. The van der Waals surface area contributed by atoms with E-state index in [1.54, 1.807) is 18.3 Å². The minimum Gasteiger partial charge on any atom is -0.409 e. The third-order valence-electron chi connectivity index (χ3n) is 2.22. The van der Waals surface area contributed by atoms with Crippen LogP contribution < -0.4 is 5.73 Å². The summed E-state index contributed by atoms with van der Waals surface area (Å²) in [5.74, 6) is -0.239. The van der Waals surface area contributed by atoms with Crippen molar-refractivity contribution in [2.24, 2.45) is 10.9 Å². The molecular formula is C11H10FN3OS2. The Kier molecular flexibility index (Phi) is 4.16. The van der Waals surface area contributed by atoms with Crippen LogP contribution in [0.15, 0.2) is 39.3 Å². The molecule has 2 rings (SSSR count). The summed E-state index contributed by atoms with van der Waals surface area (Å²) in [6.07, 6.45) is 1.70. The summed E-state index contributed by atoms with van der Waals surface area (Å²) in [5.41, 5.74) is 6.00. The Morgan fingerprint density at radius 2 is 2.39 bits per heavy atom. The number of thioether (sulfide) groups is 1. The fourth-order valence-corrected chi connectivity index (χ4v) is 2.98. The summed E-state index contributed by atoms with van der Waals surface area (Å²) in [5, 5.41) is 13.2. The lowest BCUT2D eigenvalue weighted by Gasteiger charge is -2.06. The van der Waals surface area contributed by atoms with Crippen molar-refractivity contribution in [1.82, 2.24) is 4.98 Å². The number of thiazole rings is 1. The molecule has 0 saturated carbocycles. The molecule has 0 aliphatic rings. The largest absolute Gasteiger partial charge is 0.409 e. The van der Waals surface area contributed by atoms with Crippen molar-refractivity contribution in [1.29, 1.82) is 0 Å². The molecule has 0 atom stereocenters. The van der Waals surface area contributed by atoms with Crippen LogP contribution in [0.25, 0.3) is 0 Å². The fraction of sp³-hybridized carbons (Fsp3) is 0.0909. The Morgan fingerprint density at radius 3 is 3.06 bits per heavy atom. The van der Waals surface area contributed by atoms with Gasteiger partial charge in [-0.15, -0.1) is 11.3 Å². The zero-order valence-electron chi connectivity index (χ0n) is 9.21. The average Bonchev–Trinajstić information content (AvgIpc) is 2.90. The van der Waals surface area contributed by atoms with E-state index in [2.05, 4.69) is 10.1 Å². The number of aromatic nitrogens is 1. The molecule has 1 aromatic heterocycles. The van der Waals surface area contributed by atoms with Gasteiger partial charge in [0.15, 0.2) is 5.84 Å². The summed E-state index contributed by atoms with van der Waals surface area (Å²) in [6.45, 7) is 0. The van der Waals surface area contributed by atoms with Gasteiger partial charge in [0, 0.05) is 17.3 Å². The lowest BCUT2D eigenvalue weighted by atomic mass is 10.1. The van der Waals surface area contributed by atoms with Crippen LogP contribution in [0.4, 0.5) is 4.39 Å². The van der Waals surface area contributed by atoms with Gasteiger partial charge >= 0.3 is 0 Å². The van der Waals surface area contributed by atoms with E-state index >= 15 is 0 Å². The van der Waals surface area contributed by atoms with Crippen molar-refractivity contribution >= 4 is 28.9 Å². The van der Waals surface area contributed by atoms with Crippen LogP contribution in [0.3, 0.4) is 0 Å². The Hall–Kier alpha value is -1.60. The van der Waals surface area contributed by atoms with E-state index in [1.807, 2.05) is 5.38 Å². The van der Waals surface area contributed by atoms with Gasteiger partial charge in [-0.3, -0.25) is 0 Å². The van der Waals surface area contributed by atoms with Gasteiger partial charge in [0.2, 0.25) is 0 Å². The molecule has 7 heteroatoms. The molecule has 0 aliphatic heterocycles. The third-order valence-corrected chi connectivity index (χ3v) is 4.24. The number of benzene rings is 1. The molecule has 0 bridgehead atoms. The van der Waals surface area contributed by atoms with Crippen LogP contribution in [0.1, 0.15) is 11.1 Å². The third kappa shape index (κ3) is 2.80. The fourth-order valence-electron chi connectivity index (χ4n) is 1.36. The van der Waals surface area contributed by atoms with E-state index in [1.165, 1.54) is 29.2 Å². The average molecular weight is 283 g/mol. The molecule has 0 saturated heterocycles. The van der Waals surface area contributed by atoms with Crippen molar-refractivity contribution in [3.8, 4) is 0 Å². The van der Waals surface area contributed by atoms with Crippen LogP contribution >= 0.6 is 23.1 Å². The molecule has 1 heterocycles. The standard InChI is InChI=1S/C11H10FN3OS2/c12-9-7(6-18-11-14-4-5-17-11)2-1-3-8(9)10(13)15-16/h1-5,16H,6H2,(H2,13,15). The minimum absolute atomic E-state index is 0.106. The van der Waals surface area contributed by atoms with Crippen LogP contribution in [0, 0.1) is 5.82 Å². The van der Waals surface area contributed by atoms with E-state index < -0.39 is 5.82 Å². The van der Waals surface area contributed by atoms with Crippen molar-refractivity contribution in [3.63, 3.8) is 0 Å². The van der Waals surface area contributed by atoms with Gasteiger partial charge in [0.05, 0.1) is 5.56 Å². The van der Waals surface area contributed by atoms with Gasteiger partial charge in [0.1, 0.15) is 10.2 Å². The normalized spacial score (nSPS) is 11.7. The minimum atomic E-state index is -0.461. The number of hydrogen-bond donors (Lipinski definition) is 2. The quantitative estimate of drug-likeness (QED) is 0.297. The zero-order valence-corrected chi connectivity index (χ0v) is 10.8. The second-order valence-electron chi connectivity index (χ2n) is 3.35. The molecule has 0 amide bonds. The number of rotatable bonds is 4. The molecule has 0 fully saturated rings. The summed E-state index contributed by atoms with van der Waals surface area (Å²) in [6, 6.07) is 4.82. The highest BCUT2D eigenvalue weighted by Gasteiger charge is 2.12. The van der Waals surface area contributed by atoms with Gasteiger partial charge in [-0.2, -0.15) is 0 Å². The van der Waals surface area contributed by atoms with E-state index in [9.17, 15) is 4.39 Å². The summed E-state index contributed by atoms with van der Waals surface area (Å²) >= 11 is 2.95. The van der Waals surface area contributed by atoms with Crippen LogP contribution in [0.2, 0.25) is 0 Å². The number of nitrogens with two attached hydrogens (primary N) is 1. The highest BCUT2D eigenvalue weighted by atomic mass is 32.2. The topological polar surface area (TPSA) is 71.5 Å². The molecule has 1 aromatic carbocycles. The molecule has 0 spiro atoms. The van der Waals surface area contributed by atoms with Crippen molar-refractivity contribution < 1.29 is 9.60 Å². The molecule has 0 radical (unpaired) electrons. The maximum atomic E-state index is 14.0. The number of halogens is 1. The second-order valence-corrected chi connectivity index (χ2v) is 5.47. The van der Waals surface area contributed by atoms with E-state index in [0.717, 1.165) is 4.34 Å². The maximum Gasteiger partial charge on any atom is 0.173 e. The lowest BCUT2D eigenvalue weighted by molar-refractivity contribution is 0.318. The molecule has 0 unspecified atom stereocenters. The predicted octanol–water partition coefficient (Wildman–Crippen LogP) is 2.67. The first kappa shape index (κ1) is 12.8. The lowest BCUT2D eigenvalue weighted by Crippen LogP contribution is -2.15. The molecule has 94 valence electrons. The predicted molar refractivity (Wildman–Crippen MR) is 70.6 cm³/mol. The van der Waals surface area contributed by atoms with Crippen molar-refractivity contribution in [2.45, 2.75) is 10.1 Å². The first-order valence-electron chi connectivity index (χ1n) is 5.00. The molecular weight excluding hydrogens is 273 g/mol. The number of hydrogen-bond acceptors (Lipinski definition) is 5. The summed E-state index contributed by atoms with van der Waals surface area (Å²) < 4.78 is 14.9. The maximum absolute atomic E-state index is 14.0. The zero-order chi connectivity index (χ0) is 13.0. The van der Waals surface area contributed by atoms with Crippen LogP contribution in [-0.2, 0) is 5.75 Å². The summed E-state index contributed by atoms with van der Waals surface area (Å²) in [7, 11) is 0. The van der Waals surface area contributed by atoms with Gasteiger partial charge < -0.3 is 10.9 Å². The van der Waals surface area contributed by atoms with Gasteiger partial charge in [-0.25, -0.2) is 9.37 Å². The smallest absolute Gasteiger partial charge is 0.173 e. The summed E-state index contributed by atoms with van der Waals surface area (Å²) in [4.78, 5) is 4.11. The number of nitrogens with zero attached hydrogens (tertiary/aromatic N) is 2. The monoisotopic (exact) mass is 283 g/mol. The Balaban J connectivity index is 2.18. The van der Waals surface area contributed by atoms with Gasteiger partial charge in [-0.1, -0.05) is 29.1 Å². The molecule has 2 aromatic rings. The van der Waals surface area contributed by atoms with Gasteiger partial charge in [0.25, 0.3) is 0 Å². The van der Waals surface area contributed by atoms with Gasteiger partial charge in [-0.05, 0) is 11.6 Å². The number of oxime groups is 1. The Morgan fingerprint density at radius 1 is 1.56 bits per heavy atom. The molecule has 18 heavy (non-hydrogen) atoms. The van der Waals surface area contributed by atoms with E-state index in [0.29, 0.717) is 11.3 Å². The SMILES string of the molecule is N/C(=N/O)c1cccc(CSc2nccs2)c1F. The van der Waals surface area contributed by atoms with Crippen molar-refractivity contribution in [3.05, 3.63) is 46.7 Å². The highest BCUT2D eigenvalue weighted by molar-refractivity contribution is 8.00. The first-order chi connectivity index (χ1) is 8.72. The molecule has 4 nitrogen and oxygen atoms in total. The Bertz CT molecular complexity index is 557. The van der Waals surface area contributed by atoms with Crippen LogP contribution in [0.5, 0.6) is 0 Å². The number of amidine groups is 1. The second kappa shape index (κ2) is 5.83. The van der Waals surface area contributed by atoms with E-state index in [4.69, 9.17) is 10.9 Å².